The molecule has 3 N–H and O–H groups in total. The molecule has 0 aromatic heterocycles. The maximum atomic E-state index is 11.2. The predicted octanol–water partition coefficient (Wildman–Crippen LogP) is 1.67. The lowest BCUT2D eigenvalue weighted by atomic mass is 10.0. The van der Waals surface area contributed by atoms with Crippen LogP contribution in [0.15, 0.2) is 0 Å². The molecule has 0 spiro atoms. The average molecular weight is 200 g/mol. The second-order valence-corrected chi connectivity index (χ2v) is 3.92. The first-order valence-electron chi connectivity index (χ1n) is 5.67. The number of rotatable bonds is 8. The number of hydrogen-bond donors (Lipinski definition) is 2. The Hall–Kier alpha value is -0.570. The summed E-state index contributed by atoms with van der Waals surface area (Å²) in [5.74, 6) is 0.856. The van der Waals surface area contributed by atoms with Crippen molar-refractivity contribution < 1.29 is 4.79 Å². The van der Waals surface area contributed by atoms with E-state index in [1.807, 2.05) is 0 Å². The van der Waals surface area contributed by atoms with E-state index in [9.17, 15) is 4.79 Å². The van der Waals surface area contributed by atoms with Crippen LogP contribution in [0.3, 0.4) is 0 Å². The summed E-state index contributed by atoms with van der Waals surface area (Å²) >= 11 is 0. The van der Waals surface area contributed by atoms with Crippen LogP contribution in [0.2, 0.25) is 0 Å². The summed E-state index contributed by atoms with van der Waals surface area (Å²) in [6.45, 7) is 5.83. The summed E-state index contributed by atoms with van der Waals surface area (Å²) in [7, 11) is 0. The molecule has 0 aliphatic rings. The number of nitrogens with one attached hydrogen (secondary N) is 1. The molecule has 0 aliphatic carbocycles. The molecule has 1 amide bonds. The number of carbonyl (C=O) groups is 1. The first kappa shape index (κ1) is 13.4. The Morgan fingerprint density at radius 1 is 1.43 bits per heavy atom. The molecule has 0 aliphatic heterocycles. The zero-order chi connectivity index (χ0) is 10.8. The molecule has 1 unspecified atom stereocenters. The van der Waals surface area contributed by atoms with Crippen molar-refractivity contribution in [1.82, 2.24) is 5.32 Å². The summed E-state index contributed by atoms with van der Waals surface area (Å²) in [6.07, 6.45) is 4.91. The smallest absolute Gasteiger partial charge is 0.220 e. The molecule has 0 saturated heterocycles. The van der Waals surface area contributed by atoms with Crippen LogP contribution in [0.1, 0.15) is 46.0 Å². The van der Waals surface area contributed by atoms with Gasteiger partial charge in [-0.3, -0.25) is 4.79 Å². The standard InChI is InChI=1S/C11H24N2O/c1-3-5-10(2)7-9-13-11(14)6-4-8-12/h10H,3-9,12H2,1-2H3,(H,13,14). The number of amides is 1. The number of carbonyl (C=O) groups excluding carboxylic acids is 1. The molecular weight excluding hydrogens is 176 g/mol. The summed E-state index contributed by atoms with van der Waals surface area (Å²) in [5.41, 5.74) is 5.31. The zero-order valence-electron chi connectivity index (χ0n) is 9.51. The van der Waals surface area contributed by atoms with Gasteiger partial charge >= 0.3 is 0 Å². The third-order valence-corrected chi connectivity index (χ3v) is 2.35. The second-order valence-electron chi connectivity index (χ2n) is 3.92. The van der Waals surface area contributed by atoms with Crippen molar-refractivity contribution in [3.63, 3.8) is 0 Å². The monoisotopic (exact) mass is 200 g/mol. The van der Waals surface area contributed by atoms with Crippen LogP contribution in [-0.4, -0.2) is 19.0 Å². The van der Waals surface area contributed by atoms with E-state index in [0.717, 1.165) is 25.3 Å². The normalized spacial score (nSPS) is 12.5. The molecule has 3 heteroatoms. The van der Waals surface area contributed by atoms with E-state index in [4.69, 9.17) is 5.73 Å². The summed E-state index contributed by atoms with van der Waals surface area (Å²) in [4.78, 5) is 11.2. The fourth-order valence-electron chi connectivity index (χ4n) is 1.45. The van der Waals surface area contributed by atoms with E-state index < -0.39 is 0 Å². The van der Waals surface area contributed by atoms with E-state index in [1.165, 1.54) is 12.8 Å². The molecule has 84 valence electrons. The van der Waals surface area contributed by atoms with Gasteiger partial charge in [0, 0.05) is 13.0 Å². The lowest BCUT2D eigenvalue weighted by Crippen LogP contribution is -2.25. The maximum absolute atomic E-state index is 11.2. The van der Waals surface area contributed by atoms with Gasteiger partial charge in [-0.05, 0) is 25.3 Å². The molecule has 0 radical (unpaired) electrons. The lowest BCUT2D eigenvalue weighted by Gasteiger charge is -2.10. The molecule has 0 heterocycles. The van der Waals surface area contributed by atoms with Crippen LogP contribution in [0, 0.1) is 5.92 Å². The van der Waals surface area contributed by atoms with E-state index in [-0.39, 0.29) is 5.91 Å². The highest BCUT2D eigenvalue weighted by Crippen LogP contribution is 2.08. The minimum absolute atomic E-state index is 0.138. The largest absolute Gasteiger partial charge is 0.356 e. The van der Waals surface area contributed by atoms with Gasteiger partial charge in [-0.15, -0.1) is 0 Å². The zero-order valence-corrected chi connectivity index (χ0v) is 9.51. The fraction of sp³-hybridized carbons (Fsp3) is 0.909. The first-order chi connectivity index (χ1) is 6.70. The minimum atomic E-state index is 0.138. The molecular formula is C11H24N2O. The topological polar surface area (TPSA) is 55.1 Å². The molecule has 14 heavy (non-hydrogen) atoms. The summed E-state index contributed by atoms with van der Waals surface area (Å²) in [6, 6.07) is 0. The fourth-order valence-corrected chi connectivity index (χ4v) is 1.45. The maximum Gasteiger partial charge on any atom is 0.220 e. The summed E-state index contributed by atoms with van der Waals surface area (Å²) in [5, 5.41) is 2.91. The van der Waals surface area contributed by atoms with Crippen molar-refractivity contribution >= 4 is 5.91 Å². The molecule has 0 aromatic rings. The SMILES string of the molecule is CCCC(C)CCNC(=O)CCCN. The van der Waals surface area contributed by atoms with Crippen molar-refractivity contribution in [2.45, 2.75) is 46.0 Å². The average Bonchev–Trinajstić information content (AvgIpc) is 2.15. The van der Waals surface area contributed by atoms with Crippen LogP contribution in [0.25, 0.3) is 0 Å². The molecule has 1 atom stereocenters. The van der Waals surface area contributed by atoms with E-state index in [0.29, 0.717) is 13.0 Å². The van der Waals surface area contributed by atoms with E-state index in [2.05, 4.69) is 19.2 Å². The van der Waals surface area contributed by atoms with Crippen LogP contribution in [0.4, 0.5) is 0 Å². The minimum Gasteiger partial charge on any atom is -0.356 e. The highest BCUT2D eigenvalue weighted by atomic mass is 16.1. The van der Waals surface area contributed by atoms with Crippen molar-refractivity contribution in [1.29, 1.82) is 0 Å². The van der Waals surface area contributed by atoms with E-state index in [1.54, 1.807) is 0 Å². The van der Waals surface area contributed by atoms with Gasteiger partial charge in [0.25, 0.3) is 0 Å². The Morgan fingerprint density at radius 2 is 2.14 bits per heavy atom. The van der Waals surface area contributed by atoms with Crippen LogP contribution < -0.4 is 11.1 Å². The predicted molar refractivity (Wildman–Crippen MR) is 60.0 cm³/mol. The van der Waals surface area contributed by atoms with E-state index >= 15 is 0 Å². The Labute approximate surface area is 87.4 Å². The first-order valence-corrected chi connectivity index (χ1v) is 5.67. The van der Waals surface area contributed by atoms with Gasteiger partial charge in [0.15, 0.2) is 0 Å². The second kappa shape index (κ2) is 9.00. The van der Waals surface area contributed by atoms with Gasteiger partial charge in [-0.25, -0.2) is 0 Å². The number of hydrogen-bond acceptors (Lipinski definition) is 2. The van der Waals surface area contributed by atoms with Gasteiger partial charge in [-0.1, -0.05) is 26.7 Å². The van der Waals surface area contributed by atoms with Crippen molar-refractivity contribution in [2.24, 2.45) is 11.7 Å². The van der Waals surface area contributed by atoms with Gasteiger partial charge in [0.1, 0.15) is 0 Å². The van der Waals surface area contributed by atoms with Gasteiger partial charge in [0.2, 0.25) is 5.91 Å². The Bertz CT molecular complexity index is 148. The molecule has 0 saturated carbocycles. The third kappa shape index (κ3) is 8.05. The third-order valence-electron chi connectivity index (χ3n) is 2.35. The molecule has 0 bridgehead atoms. The highest BCUT2D eigenvalue weighted by Gasteiger charge is 2.02. The van der Waals surface area contributed by atoms with Crippen LogP contribution >= 0.6 is 0 Å². The van der Waals surface area contributed by atoms with Crippen LogP contribution in [0.5, 0.6) is 0 Å². The molecule has 3 nitrogen and oxygen atoms in total. The highest BCUT2D eigenvalue weighted by molar-refractivity contribution is 5.75. The molecule has 0 rings (SSSR count). The Balaban J connectivity index is 3.30. The molecule has 0 fully saturated rings. The lowest BCUT2D eigenvalue weighted by molar-refractivity contribution is -0.121. The number of nitrogens with two attached hydrogens (primary N) is 1. The van der Waals surface area contributed by atoms with Crippen molar-refractivity contribution in [2.75, 3.05) is 13.1 Å². The Kier molecular flexibility index (Phi) is 8.64. The van der Waals surface area contributed by atoms with Crippen LogP contribution in [-0.2, 0) is 4.79 Å². The Morgan fingerprint density at radius 3 is 2.71 bits per heavy atom. The van der Waals surface area contributed by atoms with Crippen molar-refractivity contribution in [3.05, 3.63) is 0 Å². The van der Waals surface area contributed by atoms with Gasteiger partial charge in [-0.2, -0.15) is 0 Å². The van der Waals surface area contributed by atoms with Crippen molar-refractivity contribution in [3.8, 4) is 0 Å². The quantitative estimate of drug-likeness (QED) is 0.626. The van der Waals surface area contributed by atoms with Gasteiger partial charge < -0.3 is 11.1 Å². The molecule has 0 aromatic carbocycles. The van der Waals surface area contributed by atoms with Gasteiger partial charge in [0.05, 0.1) is 0 Å². The summed E-state index contributed by atoms with van der Waals surface area (Å²) < 4.78 is 0.